The molecule has 1 aromatic heterocycles. The van der Waals surface area contributed by atoms with E-state index in [0.29, 0.717) is 5.52 Å². The molecule has 2 aromatic rings. The number of hydrogen-bond donors (Lipinski definition) is 1. The van der Waals surface area contributed by atoms with Gasteiger partial charge in [0.25, 0.3) is 0 Å². The average Bonchev–Trinajstić information content (AvgIpc) is 3.15. The lowest BCUT2D eigenvalue weighted by Crippen LogP contribution is -2.19. The van der Waals surface area contributed by atoms with Crippen LogP contribution in [0.2, 0.25) is 0 Å². The van der Waals surface area contributed by atoms with Crippen LogP contribution in [0.25, 0.3) is 11.0 Å². The van der Waals surface area contributed by atoms with Crippen molar-refractivity contribution in [1.29, 1.82) is 0 Å². The molecule has 1 N–H and O–H groups in total. The Balaban J connectivity index is 1.87. The van der Waals surface area contributed by atoms with Crippen LogP contribution in [0.15, 0.2) is 18.2 Å². The maximum absolute atomic E-state index is 13.8. The summed E-state index contributed by atoms with van der Waals surface area (Å²) in [6, 6.07) is 5.19. The molecule has 0 saturated heterocycles. The zero-order valence-corrected chi connectivity index (χ0v) is 11.3. The number of halogens is 1. The number of para-hydroxylation sites is 1. The summed E-state index contributed by atoms with van der Waals surface area (Å²) in [6.07, 6.45) is 3.71. The summed E-state index contributed by atoms with van der Waals surface area (Å²) < 4.78 is 15.9. The van der Waals surface area contributed by atoms with Gasteiger partial charge in [-0.1, -0.05) is 13.0 Å². The highest BCUT2D eigenvalue weighted by Crippen LogP contribution is 2.27. The Labute approximate surface area is 112 Å². The Bertz CT molecular complexity index is 572. The molecular weight excluding hydrogens is 241 g/mol. The van der Waals surface area contributed by atoms with E-state index in [-0.39, 0.29) is 5.82 Å². The second-order valence-electron chi connectivity index (χ2n) is 5.36. The first-order valence-electron chi connectivity index (χ1n) is 7.14. The zero-order chi connectivity index (χ0) is 13.2. The lowest BCUT2D eigenvalue weighted by atomic mass is 10.3. The Morgan fingerprint density at radius 3 is 3.00 bits per heavy atom. The van der Waals surface area contributed by atoms with E-state index in [4.69, 9.17) is 0 Å². The van der Waals surface area contributed by atoms with Crippen LogP contribution in [-0.2, 0) is 13.1 Å². The van der Waals surface area contributed by atoms with Crippen molar-refractivity contribution < 1.29 is 4.39 Å². The summed E-state index contributed by atoms with van der Waals surface area (Å²) in [5.41, 5.74) is 1.41. The Kier molecular flexibility index (Phi) is 3.51. The van der Waals surface area contributed by atoms with Crippen molar-refractivity contribution in [1.82, 2.24) is 14.9 Å². The fourth-order valence-corrected chi connectivity index (χ4v) is 2.48. The van der Waals surface area contributed by atoms with E-state index in [1.54, 1.807) is 6.07 Å². The molecule has 0 atom stereocenters. The van der Waals surface area contributed by atoms with Gasteiger partial charge in [0, 0.05) is 6.54 Å². The molecule has 1 aliphatic carbocycles. The standard InChI is InChI=1S/C15H20FN3/c1-2-8-19-13-5-3-4-12(16)15(13)18-14(19)10-17-9-11-6-7-11/h3-5,11,17H,2,6-10H2,1H3. The van der Waals surface area contributed by atoms with E-state index in [0.717, 1.165) is 43.3 Å². The van der Waals surface area contributed by atoms with Gasteiger partial charge in [-0.15, -0.1) is 0 Å². The van der Waals surface area contributed by atoms with Gasteiger partial charge in [0.05, 0.1) is 12.1 Å². The summed E-state index contributed by atoms with van der Waals surface area (Å²) in [7, 11) is 0. The first-order chi connectivity index (χ1) is 9.29. The lowest BCUT2D eigenvalue weighted by molar-refractivity contribution is 0.579. The Hall–Kier alpha value is -1.42. The molecule has 102 valence electrons. The second kappa shape index (κ2) is 5.29. The minimum atomic E-state index is -0.226. The van der Waals surface area contributed by atoms with Crippen LogP contribution >= 0.6 is 0 Å². The number of fused-ring (bicyclic) bond motifs is 1. The van der Waals surface area contributed by atoms with Gasteiger partial charge < -0.3 is 9.88 Å². The fraction of sp³-hybridized carbons (Fsp3) is 0.533. The van der Waals surface area contributed by atoms with E-state index in [9.17, 15) is 4.39 Å². The molecule has 1 aliphatic rings. The third-order valence-corrected chi connectivity index (χ3v) is 3.67. The quantitative estimate of drug-likeness (QED) is 0.866. The van der Waals surface area contributed by atoms with E-state index < -0.39 is 0 Å². The highest BCUT2D eigenvalue weighted by atomic mass is 19.1. The molecule has 0 radical (unpaired) electrons. The van der Waals surface area contributed by atoms with Crippen LogP contribution in [0.5, 0.6) is 0 Å². The monoisotopic (exact) mass is 261 g/mol. The molecule has 1 heterocycles. The first-order valence-corrected chi connectivity index (χ1v) is 7.14. The van der Waals surface area contributed by atoms with E-state index in [1.807, 2.05) is 6.07 Å². The van der Waals surface area contributed by atoms with Gasteiger partial charge in [-0.2, -0.15) is 0 Å². The number of hydrogen-bond acceptors (Lipinski definition) is 2. The van der Waals surface area contributed by atoms with Crippen molar-refractivity contribution in [3.05, 3.63) is 29.8 Å². The molecule has 1 fully saturated rings. The van der Waals surface area contributed by atoms with Gasteiger partial charge in [0.2, 0.25) is 0 Å². The summed E-state index contributed by atoms with van der Waals surface area (Å²) >= 11 is 0. The van der Waals surface area contributed by atoms with Crippen molar-refractivity contribution in [3.8, 4) is 0 Å². The van der Waals surface area contributed by atoms with Gasteiger partial charge in [-0.05, 0) is 43.9 Å². The average molecular weight is 261 g/mol. The van der Waals surface area contributed by atoms with Gasteiger partial charge in [-0.25, -0.2) is 9.37 Å². The normalized spacial score (nSPS) is 15.3. The van der Waals surface area contributed by atoms with Crippen LogP contribution in [0.4, 0.5) is 4.39 Å². The van der Waals surface area contributed by atoms with Crippen LogP contribution in [0, 0.1) is 11.7 Å². The number of aryl methyl sites for hydroxylation is 1. The van der Waals surface area contributed by atoms with Crippen LogP contribution in [0.3, 0.4) is 0 Å². The first kappa shape index (κ1) is 12.6. The largest absolute Gasteiger partial charge is 0.327 e. The number of nitrogens with zero attached hydrogens (tertiary/aromatic N) is 2. The molecule has 0 aliphatic heterocycles. The summed E-state index contributed by atoms with van der Waals surface area (Å²) in [5, 5.41) is 3.44. The molecule has 1 saturated carbocycles. The summed E-state index contributed by atoms with van der Waals surface area (Å²) in [5.74, 6) is 1.57. The van der Waals surface area contributed by atoms with Gasteiger partial charge in [-0.3, -0.25) is 0 Å². The molecule has 0 spiro atoms. The fourth-order valence-electron chi connectivity index (χ4n) is 2.48. The topological polar surface area (TPSA) is 29.9 Å². The van der Waals surface area contributed by atoms with Crippen molar-refractivity contribution >= 4 is 11.0 Å². The predicted molar refractivity (Wildman–Crippen MR) is 74.4 cm³/mol. The molecule has 3 nitrogen and oxygen atoms in total. The van der Waals surface area contributed by atoms with Crippen molar-refractivity contribution in [2.24, 2.45) is 5.92 Å². The number of aromatic nitrogens is 2. The van der Waals surface area contributed by atoms with Gasteiger partial charge >= 0.3 is 0 Å². The predicted octanol–water partition coefficient (Wildman–Crippen LogP) is 3.09. The molecule has 3 rings (SSSR count). The molecule has 4 heteroatoms. The molecule has 0 amide bonds. The SMILES string of the molecule is CCCn1c(CNCC2CC2)nc2c(F)cccc21. The zero-order valence-electron chi connectivity index (χ0n) is 11.3. The molecule has 1 aromatic carbocycles. The van der Waals surface area contributed by atoms with Crippen LogP contribution in [-0.4, -0.2) is 16.1 Å². The highest BCUT2D eigenvalue weighted by molar-refractivity contribution is 5.76. The smallest absolute Gasteiger partial charge is 0.151 e. The highest BCUT2D eigenvalue weighted by Gasteiger charge is 2.21. The molecular formula is C15H20FN3. The summed E-state index contributed by atoms with van der Waals surface area (Å²) in [6.45, 7) is 4.80. The van der Waals surface area contributed by atoms with E-state index in [1.165, 1.54) is 18.9 Å². The third-order valence-electron chi connectivity index (χ3n) is 3.67. The Morgan fingerprint density at radius 2 is 2.26 bits per heavy atom. The van der Waals surface area contributed by atoms with Crippen LogP contribution in [0.1, 0.15) is 32.0 Å². The maximum Gasteiger partial charge on any atom is 0.151 e. The third kappa shape index (κ3) is 2.63. The lowest BCUT2D eigenvalue weighted by Gasteiger charge is -2.08. The number of benzene rings is 1. The summed E-state index contributed by atoms with van der Waals surface area (Å²) in [4.78, 5) is 4.47. The number of imidazole rings is 1. The van der Waals surface area contributed by atoms with Crippen LogP contribution < -0.4 is 5.32 Å². The number of rotatable bonds is 6. The van der Waals surface area contributed by atoms with E-state index >= 15 is 0 Å². The minimum absolute atomic E-state index is 0.226. The van der Waals surface area contributed by atoms with Gasteiger partial charge in [0.1, 0.15) is 11.3 Å². The van der Waals surface area contributed by atoms with Crippen molar-refractivity contribution in [3.63, 3.8) is 0 Å². The molecule has 0 bridgehead atoms. The van der Waals surface area contributed by atoms with E-state index in [2.05, 4.69) is 21.8 Å². The maximum atomic E-state index is 13.8. The molecule has 19 heavy (non-hydrogen) atoms. The number of nitrogens with one attached hydrogen (secondary N) is 1. The second-order valence-corrected chi connectivity index (χ2v) is 5.36. The van der Waals surface area contributed by atoms with Gasteiger partial charge in [0.15, 0.2) is 5.82 Å². The minimum Gasteiger partial charge on any atom is -0.327 e. The van der Waals surface area contributed by atoms with Crippen molar-refractivity contribution in [2.45, 2.75) is 39.3 Å². The Morgan fingerprint density at radius 1 is 1.42 bits per heavy atom. The van der Waals surface area contributed by atoms with Crippen molar-refractivity contribution in [2.75, 3.05) is 6.54 Å². The molecule has 0 unspecified atom stereocenters.